The molecule has 1 aliphatic rings. The Balaban J connectivity index is 1.49. The van der Waals surface area contributed by atoms with Gasteiger partial charge in [0.15, 0.2) is 0 Å². The van der Waals surface area contributed by atoms with Crippen molar-refractivity contribution in [3.63, 3.8) is 0 Å². The van der Waals surface area contributed by atoms with E-state index in [9.17, 15) is 0 Å². The Morgan fingerprint density at radius 2 is 2.24 bits per heavy atom. The highest BCUT2D eigenvalue weighted by atomic mass is 32.1. The van der Waals surface area contributed by atoms with Gasteiger partial charge in [-0.2, -0.15) is 4.37 Å². The molecule has 0 amide bonds. The fourth-order valence-electron chi connectivity index (χ4n) is 2.24. The van der Waals surface area contributed by atoms with Gasteiger partial charge in [-0.1, -0.05) is 11.3 Å². The van der Waals surface area contributed by atoms with Crippen LogP contribution < -0.4 is 9.64 Å². The van der Waals surface area contributed by atoms with Gasteiger partial charge in [0, 0.05) is 62.6 Å². The third kappa shape index (κ3) is 3.90. The largest absolute Gasteiger partial charge is 0.467 e. The van der Waals surface area contributed by atoms with Crippen molar-refractivity contribution in [1.29, 1.82) is 0 Å². The van der Waals surface area contributed by atoms with Crippen molar-refractivity contribution in [2.24, 2.45) is 0 Å². The van der Waals surface area contributed by atoms with Crippen LogP contribution in [0.5, 0.6) is 5.19 Å². The van der Waals surface area contributed by atoms with Gasteiger partial charge < -0.3 is 14.4 Å². The third-order valence-electron chi connectivity index (χ3n) is 3.38. The van der Waals surface area contributed by atoms with Gasteiger partial charge in [0.2, 0.25) is 5.13 Å². The highest BCUT2D eigenvalue weighted by Crippen LogP contribution is 2.25. The lowest BCUT2D eigenvalue weighted by molar-refractivity contribution is 0.170. The molecule has 2 aromatic rings. The minimum atomic E-state index is 0.258. The number of anilines is 1. The van der Waals surface area contributed by atoms with Crippen molar-refractivity contribution in [3.05, 3.63) is 17.4 Å². The molecule has 0 unspecified atom stereocenters. The summed E-state index contributed by atoms with van der Waals surface area (Å²) in [5.74, 6) is 0.873. The summed E-state index contributed by atoms with van der Waals surface area (Å²) in [6.07, 6.45) is 4.79. The van der Waals surface area contributed by atoms with Crippen LogP contribution in [0.4, 0.5) is 5.13 Å². The summed E-state index contributed by atoms with van der Waals surface area (Å²) in [6, 6.07) is 0. The van der Waals surface area contributed by atoms with Crippen molar-refractivity contribution in [1.82, 2.24) is 14.3 Å². The van der Waals surface area contributed by atoms with Crippen LogP contribution in [0, 0.1) is 0 Å². The zero-order valence-corrected chi connectivity index (χ0v) is 13.5. The number of thiazole rings is 1. The molecular weight excluding hydrogens is 308 g/mol. The molecule has 114 valence electrons. The van der Waals surface area contributed by atoms with E-state index < -0.39 is 0 Å². The average molecular weight is 326 g/mol. The lowest BCUT2D eigenvalue weighted by atomic mass is 10.1. The van der Waals surface area contributed by atoms with E-state index in [1.165, 1.54) is 11.5 Å². The first-order valence-electron chi connectivity index (χ1n) is 6.98. The Bertz CT molecular complexity index is 538. The highest BCUT2D eigenvalue weighted by Gasteiger charge is 2.23. The van der Waals surface area contributed by atoms with Gasteiger partial charge in [0.1, 0.15) is 11.9 Å². The van der Waals surface area contributed by atoms with Gasteiger partial charge >= 0.3 is 0 Å². The second-order valence-corrected chi connectivity index (χ2v) is 6.43. The fourth-order valence-corrected chi connectivity index (χ4v) is 3.56. The summed E-state index contributed by atoms with van der Waals surface area (Å²) < 4.78 is 15.3. The van der Waals surface area contributed by atoms with Gasteiger partial charge in [0.05, 0.1) is 6.61 Å². The average Bonchev–Trinajstić information content (AvgIpc) is 3.17. The molecule has 1 fully saturated rings. The number of methoxy groups -OCH3 is 1. The van der Waals surface area contributed by atoms with Crippen molar-refractivity contribution in [2.45, 2.75) is 25.4 Å². The first kappa shape index (κ1) is 14.7. The molecular formula is C13H18N4O2S2. The minimum Gasteiger partial charge on any atom is -0.467 e. The standard InChI is InChI=1S/C13H18N4O2S2/c1-18-8-4-11-15-12(21-16-11)17-6-2-10(3-7-17)19-13-14-5-9-20-13/h5,9-10H,2-4,6-8H2,1H3. The number of nitrogens with zero attached hydrogens (tertiary/aromatic N) is 4. The Morgan fingerprint density at radius 3 is 2.95 bits per heavy atom. The molecule has 0 bridgehead atoms. The Morgan fingerprint density at radius 1 is 1.38 bits per heavy atom. The van der Waals surface area contributed by atoms with Crippen LogP contribution in [0.2, 0.25) is 0 Å². The molecule has 2 aromatic heterocycles. The van der Waals surface area contributed by atoms with Crippen molar-refractivity contribution in [3.8, 4) is 5.19 Å². The summed E-state index contributed by atoms with van der Waals surface area (Å²) in [5.41, 5.74) is 0. The maximum Gasteiger partial charge on any atom is 0.273 e. The topological polar surface area (TPSA) is 60.4 Å². The van der Waals surface area contributed by atoms with Crippen LogP contribution in [0.3, 0.4) is 0 Å². The van der Waals surface area contributed by atoms with Crippen molar-refractivity contribution >= 4 is 28.0 Å². The number of piperidine rings is 1. The Hall–Kier alpha value is -1.25. The SMILES string of the molecule is COCCc1nsc(N2CCC(Oc3nccs3)CC2)n1. The summed E-state index contributed by atoms with van der Waals surface area (Å²) in [4.78, 5) is 11.0. The first-order chi connectivity index (χ1) is 10.3. The monoisotopic (exact) mass is 326 g/mol. The maximum atomic E-state index is 5.87. The minimum absolute atomic E-state index is 0.258. The lowest BCUT2D eigenvalue weighted by Gasteiger charge is -2.30. The van der Waals surface area contributed by atoms with E-state index in [4.69, 9.17) is 9.47 Å². The summed E-state index contributed by atoms with van der Waals surface area (Å²) in [5, 5.41) is 3.72. The molecule has 0 N–H and O–H groups in total. The van der Waals surface area contributed by atoms with Gasteiger partial charge in [-0.3, -0.25) is 0 Å². The molecule has 3 heterocycles. The normalized spacial score (nSPS) is 16.3. The number of ether oxygens (including phenoxy) is 2. The Kier molecular flexibility index (Phi) is 5.00. The van der Waals surface area contributed by atoms with E-state index in [2.05, 4.69) is 19.2 Å². The van der Waals surface area contributed by atoms with Crippen molar-refractivity contribution in [2.75, 3.05) is 31.7 Å². The number of hydrogen-bond donors (Lipinski definition) is 0. The van der Waals surface area contributed by atoms with E-state index in [1.807, 2.05) is 5.38 Å². The molecule has 6 nitrogen and oxygen atoms in total. The molecule has 0 aromatic carbocycles. The molecule has 0 aliphatic carbocycles. The van der Waals surface area contributed by atoms with Crippen LogP contribution in [0.1, 0.15) is 18.7 Å². The maximum absolute atomic E-state index is 5.87. The predicted molar refractivity (Wildman–Crippen MR) is 83.5 cm³/mol. The summed E-state index contributed by atoms with van der Waals surface area (Å²) in [7, 11) is 1.69. The van der Waals surface area contributed by atoms with Crippen LogP contribution >= 0.6 is 22.9 Å². The highest BCUT2D eigenvalue weighted by molar-refractivity contribution is 7.11. The number of rotatable bonds is 6. The van der Waals surface area contributed by atoms with E-state index in [0.717, 1.165) is 48.5 Å². The van der Waals surface area contributed by atoms with E-state index >= 15 is 0 Å². The molecule has 0 saturated carbocycles. The predicted octanol–water partition coefficient (Wildman–Crippen LogP) is 2.23. The molecule has 21 heavy (non-hydrogen) atoms. The molecule has 1 aliphatic heterocycles. The molecule has 0 spiro atoms. The quantitative estimate of drug-likeness (QED) is 0.811. The lowest BCUT2D eigenvalue weighted by Crippen LogP contribution is -2.38. The molecule has 1 saturated heterocycles. The van der Waals surface area contributed by atoms with E-state index in [1.54, 1.807) is 24.6 Å². The van der Waals surface area contributed by atoms with Gasteiger partial charge in [0.25, 0.3) is 5.19 Å². The second kappa shape index (κ2) is 7.15. The number of aromatic nitrogens is 3. The molecule has 8 heteroatoms. The number of hydrogen-bond acceptors (Lipinski definition) is 8. The molecule has 0 radical (unpaired) electrons. The Labute approximate surface area is 131 Å². The summed E-state index contributed by atoms with van der Waals surface area (Å²) >= 11 is 3.02. The second-order valence-electron chi connectivity index (χ2n) is 4.84. The van der Waals surface area contributed by atoms with E-state index in [0.29, 0.717) is 6.61 Å². The zero-order valence-electron chi connectivity index (χ0n) is 11.9. The first-order valence-corrected chi connectivity index (χ1v) is 8.63. The van der Waals surface area contributed by atoms with E-state index in [-0.39, 0.29) is 6.10 Å². The molecule has 0 atom stereocenters. The van der Waals surface area contributed by atoms with Crippen LogP contribution in [-0.2, 0) is 11.2 Å². The van der Waals surface area contributed by atoms with Gasteiger partial charge in [-0.15, -0.1) is 0 Å². The van der Waals surface area contributed by atoms with Gasteiger partial charge in [-0.25, -0.2) is 9.97 Å². The smallest absolute Gasteiger partial charge is 0.273 e. The van der Waals surface area contributed by atoms with Crippen LogP contribution in [0.15, 0.2) is 11.6 Å². The summed E-state index contributed by atoms with van der Waals surface area (Å²) in [6.45, 7) is 2.57. The van der Waals surface area contributed by atoms with Gasteiger partial charge in [-0.05, 0) is 0 Å². The fraction of sp³-hybridized carbons (Fsp3) is 0.615. The van der Waals surface area contributed by atoms with Crippen LogP contribution in [-0.4, -0.2) is 47.3 Å². The zero-order chi connectivity index (χ0) is 14.5. The third-order valence-corrected chi connectivity index (χ3v) is 4.85. The molecule has 3 rings (SSSR count). The van der Waals surface area contributed by atoms with Crippen LogP contribution in [0.25, 0.3) is 0 Å². The van der Waals surface area contributed by atoms with Crippen molar-refractivity contribution < 1.29 is 9.47 Å².